The van der Waals surface area contributed by atoms with Crippen LogP contribution >= 0.6 is 23.2 Å². The number of amides is 2. The Labute approximate surface area is 215 Å². The molecule has 0 fully saturated rings. The SMILES string of the molecule is CN[C@@H](Cc1ccccc1)C(=O)NC[C@@H](C(=O)NCc1ccc(N)nc1C)c1ccc(Cl)c(Cl)c1. The second-order valence-electron chi connectivity index (χ2n) is 8.20. The Hall–Kier alpha value is -3.13. The number of nitrogens with zero attached hydrogens (tertiary/aromatic N) is 1. The van der Waals surface area contributed by atoms with Crippen LogP contribution in [0.5, 0.6) is 0 Å². The number of halogens is 2. The van der Waals surface area contributed by atoms with E-state index >= 15 is 0 Å². The number of benzene rings is 2. The van der Waals surface area contributed by atoms with Crippen molar-refractivity contribution in [2.24, 2.45) is 0 Å². The number of likely N-dealkylation sites (N-methyl/N-ethyl adjacent to an activating group) is 1. The predicted octanol–water partition coefficient (Wildman–Crippen LogP) is 3.63. The van der Waals surface area contributed by atoms with Crippen molar-refractivity contribution in [1.82, 2.24) is 20.9 Å². The van der Waals surface area contributed by atoms with E-state index in [1.54, 1.807) is 31.3 Å². The number of nitrogens with two attached hydrogens (primary N) is 1. The molecule has 0 aliphatic rings. The summed E-state index contributed by atoms with van der Waals surface area (Å²) in [4.78, 5) is 30.4. The van der Waals surface area contributed by atoms with Gasteiger partial charge in [-0.15, -0.1) is 0 Å². The third-order valence-corrected chi connectivity index (χ3v) is 6.50. The molecule has 0 radical (unpaired) electrons. The number of carbonyl (C=O) groups excluding carboxylic acids is 2. The van der Waals surface area contributed by atoms with Gasteiger partial charge < -0.3 is 21.7 Å². The number of nitrogens with one attached hydrogen (secondary N) is 3. The van der Waals surface area contributed by atoms with E-state index in [1.807, 2.05) is 43.3 Å². The van der Waals surface area contributed by atoms with Crippen LogP contribution in [0.1, 0.15) is 28.3 Å². The van der Waals surface area contributed by atoms with E-state index < -0.39 is 12.0 Å². The van der Waals surface area contributed by atoms with Crippen molar-refractivity contribution in [2.75, 3.05) is 19.3 Å². The minimum Gasteiger partial charge on any atom is -0.384 e. The van der Waals surface area contributed by atoms with Crippen molar-refractivity contribution >= 4 is 40.8 Å². The molecule has 184 valence electrons. The van der Waals surface area contributed by atoms with E-state index in [4.69, 9.17) is 28.9 Å². The van der Waals surface area contributed by atoms with Crippen molar-refractivity contribution < 1.29 is 9.59 Å². The molecule has 9 heteroatoms. The maximum atomic E-state index is 13.2. The molecule has 0 bridgehead atoms. The monoisotopic (exact) mass is 513 g/mol. The van der Waals surface area contributed by atoms with E-state index in [1.165, 1.54) is 0 Å². The number of hydrogen-bond acceptors (Lipinski definition) is 5. The first-order valence-corrected chi connectivity index (χ1v) is 12.0. The fourth-order valence-electron chi connectivity index (χ4n) is 3.69. The fourth-order valence-corrected chi connectivity index (χ4v) is 4.00. The summed E-state index contributed by atoms with van der Waals surface area (Å²) in [7, 11) is 1.74. The Morgan fingerprint density at radius 2 is 1.71 bits per heavy atom. The van der Waals surface area contributed by atoms with E-state index in [0.717, 1.165) is 16.8 Å². The fraction of sp³-hybridized carbons (Fsp3) is 0.269. The van der Waals surface area contributed by atoms with Gasteiger partial charge >= 0.3 is 0 Å². The summed E-state index contributed by atoms with van der Waals surface area (Å²) in [6.07, 6.45) is 0.524. The number of carbonyl (C=O) groups is 2. The molecule has 0 spiro atoms. The molecule has 5 N–H and O–H groups in total. The Kier molecular flexibility index (Phi) is 9.48. The largest absolute Gasteiger partial charge is 0.384 e. The second-order valence-corrected chi connectivity index (χ2v) is 9.02. The van der Waals surface area contributed by atoms with Gasteiger partial charge in [-0.1, -0.05) is 65.7 Å². The van der Waals surface area contributed by atoms with E-state index in [0.29, 0.717) is 27.8 Å². The topological polar surface area (TPSA) is 109 Å². The molecule has 0 aliphatic carbocycles. The molecular weight excluding hydrogens is 485 g/mol. The molecule has 2 aromatic carbocycles. The summed E-state index contributed by atoms with van der Waals surface area (Å²) in [5, 5.41) is 9.63. The molecule has 3 rings (SSSR count). The highest BCUT2D eigenvalue weighted by Gasteiger charge is 2.24. The standard InChI is InChI=1S/C26H29Cl2N5O2/c1-16-19(9-11-24(29)33-16)14-31-25(34)20(18-8-10-21(27)22(28)13-18)15-32-26(35)23(30-2)12-17-6-4-3-5-7-17/h3-11,13,20,23,30H,12,14-15H2,1-2H3,(H2,29,33)(H,31,34)(H,32,35)/t20-,23+/m1/s1. The molecule has 0 saturated carbocycles. The molecule has 2 atom stereocenters. The summed E-state index contributed by atoms with van der Waals surface area (Å²) in [5.74, 6) is -0.717. The third kappa shape index (κ3) is 7.42. The normalized spacial score (nSPS) is 12.6. The molecule has 0 saturated heterocycles. The van der Waals surface area contributed by atoms with Crippen LogP contribution in [0, 0.1) is 6.92 Å². The number of aryl methyl sites for hydroxylation is 1. The number of rotatable bonds is 10. The first kappa shape index (κ1) is 26.5. The molecule has 35 heavy (non-hydrogen) atoms. The summed E-state index contributed by atoms with van der Waals surface area (Å²) in [6.45, 7) is 2.20. The predicted molar refractivity (Wildman–Crippen MR) is 140 cm³/mol. The minimum absolute atomic E-state index is 0.0918. The number of anilines is 1. The van der Waals surface area contributed by atoms with Gasteiger partial charge in [0.15, 0.2) is 0 Å². The van der Waals surface area contributed by atoms with Gasteiger partial charge in [-0.2, -0.15) is 0 Å². The average molecular weight is 514 g/mol. The van der Waals surface area contributed by atoms with E-state index in [-0.39, 0.29) is 24.9 Å². The van der Waals surface area contributed by atoms with Crippen LogP contribution in [0.15, 0.2) is 60.7 Å². The Balaban J connectivity index is 1.73. The van der Waals surface area contributed by atoms with Gasteiger partial charge in [0, 0.05) is 18.8 Å². The van der Waals surface area contributed by atoms with Gasteiger partial charge in [0.05, 0.1) is 22.0 Å². The quantitative estimate of drug-likeness (QED) is 0.331. The molecule has 1 aromatic heterocycles. The van der Waals surface area contributed by atoms with Gasteiger partial charge in [0.1, 0.15) is 5.82 Å². The van der Waals surface area contributed by atoms with Crippen molar-refractivity contribution in [2.45, 2.75) is 31.8 Å². The zero-order valence-corrected chi connectivity index (χ0v) is 21.2. The lowest BCUT2D eigenvalue weighted by Gasteiger charge is -2.21. The Morgan fingerprint density at radius 1 is 0.971 bits per heavy atom. The molecule has 2 amide bonds. The van der Waals surface area contributed by atoms with Gasteiger partial charge in [-0.3, -0.25) is 9.59 Å². The zero-order chi connectivity index (χ0) is 25.4. The van der Waals surface area contributed by atoms with Crippen LogP contribution in [0.25, 0.3) is 0 Å². The summed E-state index contributed by atoms with van der Waals surface area (Å²) >= 11 is 12.3. The lowest BCUT2D eigenvalue weighted by Crippen LogP contribution is -2.46. The van der Waals surface area contributed by atoms with Gasteiger partial charge in [-0.25, -0.2) is 4.98 Å². The highest BCUT2D eigenvalue weighted by Crippen LogP contribution is 2.27. The molecule has 0 unspecified atom stereocenters. The van der Waals surface area contributed by atoms with Crippen molar-refractivity contribution in [3.05, 3.63) is 93.1 Å². The van der Waals surface area contributed by atoms with Crippen LogP contribution in [-0.2, 0) is 22.6 Å². The van der Waals surface area contributed by atoms with Crippen LogP contribution in [0.4, 0.5) is 5.82 Å². The maximum absolute atomic E-state index is 13.2. The zero-order valence-electron chi connectivity index (χ0n) is 19.6. The van der Waals surface area contributed by atoms with Gasteiger partial charge in [-0.05, 0) is 55.3 Å². The first-order valence-electron chi connectivity index (χ1n) is 11.2. The third-order valence-electron chi connectivity index (χ3n) is 5.76. The van der Waals surface area contributed by atoms with Crippen LogP contribution in [0.2, 0.25) is 10.0 Å². The van der Waals surface area contributed by atoms with E-state index in [2.05, 4.69) is 20.9 Å². The molecule has 3 aromatic rings. The highest BCUT2D eigenvalue weighted by molar-refractivity contribution is 6.42. The highest BCUT2D eigenvalue weighted by atomic mass is 35.5. The number of aromatic nitrogens is 1. The average Bonchev–Trinajstić information content (AvgIpc) is 2.84. The summed E-state index contributed by atoms with van der Waals surface area (Å²) < 4.78 is 0. The van der Waals surface area contributed by atoms with E-state index in [9.17, 15) is 9.59 Å². The lowest BCUT2D eigenvalue weighted by molar-refractivity contribution is -0.124. The second kappa shape index (κ2) is 12.5. The number of nitrogen functional groups attached to an aromatic ring is 1. The molecule has 0 aliphatic heterocycles. The Morgan fingerprint density at radius 3 is 2.37 bits per heavy atom. The first-order chi connectivity index (χ1) is 16.8. The molecular formula is C26H29Cl2N5O2. The van der Waals surface area contributed by atoms with Crippen molar-refractivity contribution in [3.8, 4) is 0 Å². The lowest BCUT2D eigenvalue weighted by atomic mass is 9.97. The smallest absolute Gasteiger partial charge is 0.237 e. The van der Waals surface area contributed by atoms with Gasteiger partial charge in [0.25, 0.3) is 0 Å². The van der Waals surface area contributed by atoms with Gasteiger partial charge in [0.2, 0.25) is 11.8 Å². The van der Waals surface area contributed by atoms with Crippen LogP contribution in [0.3, 0.4) is 0 Å². The number of hydrogen-bond donors (Lipinski definition) is 4. The molecule has 1 heterocycles. The molecule has 7 nitrogen and oxygen atoms in total. The van der Waals surface area contributed by atoms with Crippen LogP contribution in [-0.4, -0.2) is 36.4 Å². The maximum Gasteiger partial charge on any atom is 0.237 e. The summed E-state index contributed by atoms with van der Waals surface area (Å²) in [5.41, 5.74) is 8.99. The Bertz CT molecular complexity index is 1170. The summed E-state index contributed by atoms with van der Waals surface area (Å²) in [6, 6.07) is 17.8. The number of pyridine rings is 1. The van der Waals surface area contributed by atoms with Crippen molar-refractivity contribution in [1.29, 1.82) is 0 Å². The van der Waals surface area contributed by atoms with Crippen molar-refractivity contribution in [3.63, 3.8) is 0 Å². The minimum atomic E-state index is -0.676. The van der Waals surface area contributed by atoms with Crippen LogP contribution < -0.4 is 21.7 Å².